The average Bonchev–Trinajstić information content (AvgIpc) is 2.28. The van der Waals surface area contributed by atoms with Crippen LogP contribution in [0, 0.1) is 0 Å². The summed E-state index contributed by atoms with van der Waals surface area (Å²) < 4.78 is 52.3. The Morgan fingerprint density at radius 3 is 2.50 bits per heavy atom. The lowest BCUT2D eigenvalue weighted by molar-refractivity contribution is -0.0712. The third-order valence-corrected chi connectivity index (χ3v) is 2.80. The minimum atomic E-state index is -4.87. The van der Waals surface area contributed by atoms with Crippen LogP contribution in [-0.2, 0) is 0 Å². The number of aliphatic hydroxyl groups is 1. The zero-order valence-electron chi connectivity index (χ0n) is 10.8. The van der Waals surface area contributed by atoms with Crippen LogP contribution in [-0.4, -0.2) is 23.6 Å². The Hall–Kier alpha value is -1.76. The van der Waals surface area contributed by atoms with Crippen molar-refractivity contribution in [3.8, 4) is 0 Å². The Balaban J connectivity index is 2.51. The third kappa shape index (κ3) is 2.72. The monoisotopic (exact) mass is 290 g/mol. The molecule has 0 fully saturated rings. The summed E-state index contributed by atoms with van der Waals surface area (Å²) in [6.45, 7) is 3.75. The molecule has 0 aromatic heterocycles. The van der Waals surface area contributed by atoms with Crippen molar-refractivity contribution in [1.29, 1.82) is 0 Å². The lowest BCUT2D eigenvalue weighted by Gasteiger charge is -2.27. The van der Waals surface area contributed by atoms with Gasteiger partial charge in [0.05, 0.1) is 0 Å². The average molecular weight is 290 g/mol. The van der Waals surface area contributed by atoms with E-state index in [1.165, 1.54) is 18.2 Å². The van der Waals surface area contributed by atoms with Crippen LogP contribution in [0.5, 0.6) is 0 Å². The van der Waals surface area contributed by atoms with Crippen molar-refractivity contribution in [2.75, 3.05) is 10.6 Å². The lowest BCUT2D eigenvalue weighted by Crippen LogP contribution is -2.29. The molecule has 0 aliphatic carbocycles. The predicted octanol–water partition coefficient (Wildman–Crippen LogP) is 3.49. The summed E-state index contributed by atoms with van der Waals surface area (Å²) in [7, 11) is 0. The molecule has 1 aromatic rings. The van der Waals surface area contributed by atoms with E-state index in [9.17, 15) is 22.7 Å². The van der Waals surface area contributed by atoms with Crippen molar-refractivity contribution < 1.29 is 22.7 Å². The first-order valence-corrected chi connectivity index (χ1v) is 6.02. The van der Waals surface area contributed by atoms with E-state index in [1.54, 1.807) is 0 Å². The molecule has 0 saturated carbocycles. The molecule has 1 heterocycles. The molecule has 7 heteroatoms. The molecule has 1 aromatic carbocycles. The van der Waals surface area contributed by atoms with Crippen LogP contribution in [0.2, 0.25) is 0 Å². The van der Waals surface area contributed by atoms with Crippen LogP contribution in [0.15, 0.2) is 24.0 Å². The number of fused-ring (bicyclic) bond motifs is 1. The number of halogens is 4. The van der Waals surface area contributed by atoms with Crippen molar-refractivity contribution in [3.63, 3.8) is 0 Å². The van der Waals surface area contributed by atoms with Crippen LogP contribution in [0.1, 0.15) is 19.4 Å². The fourth-order valence-electron chi connectivity index (χ4n) is 2.07. The molecule has 110 valence electrons. The molecule has 0 bridgehead atoms. The molecule has 20 heavy (non-hydrogen) atoms. The molecule has 0 spiro atoms. The number of benzene rings is 1. The second-order valence-electron chi connectivity index (χ2n) is 4.83. The fraction of sp³-hybridized carbons (Fsp3) is 0.385. The number of alkyl halides is 3. The van der Waals surface area contributed by atoms with Gasteiger partial charge in [-0.1, -0.05) is 6.07 Å². The quantitative estimate of drug-likeness (QED) is 0.730. The molecule has 3 N–H and O–H groups in total. The number of allylic oxidation sites excluding steroid dienone is 1. The van der Waals surface area contributed by atoms with E-state index in [-0.39, 0.29) is 17.3 Å². The van der Waals surface area contributed by atoms with Gasteiger partial charge in [-0.05, 0) is 26.0 Å². The highest BCUT2D eigenvalue weighted by molar-refractivity contribution is 5.85. The summed E-state index contributed by atoms with van der Waals surface area (Å²) in [5, 5.41) is 14.7. The molecule has 0 radical (unpaired) electrons. The van der Waals surface area contributed by atoms with E-state index in [1.807, 2.05) is 13.8 Å². The Morgan fingerprint density at radius 1 is 1.30 bits per heavy atom. The van der Waals surface area contributed by atoms with Crippen molar-refractivity contribution in [1.82, 2.24) is 0 Å². The highest BCUT2D eigenvalue weighted by atomic mass is 19.4. The van der Waals surface area contributed by atoms with E-state index >= 15 is 0 Å². The first kappa shape index (κ1) is 14.6. The highest BCUT2D eigenvalue weighted by Crippen LogP contribution is 2.44. The first-order chi connectivity index (χ1) is 9.20. The SMILES string of the molecule is CC(C)Nc1ccc2c(c1)NC(O)C(F)=C2C(F)(F)F. The molecule has 2 rings (SSSR count). The maximum Gasteiger partial charge on any atom is 0.419 e. The number of anilines is 2. The van der Waals surface area contributed by atoms with Gasteiger partial charge in [-0.25, -0.2) is 4.39 Å². The minimum Gasteiger partial charge on any atom is -0.383 e. The van der Waals surface area contributed by atoms with Crippen LogP contribution >= 0.6 is 0 Å². The third-order valence-electron chi connectivity index (χ3n) is 2.80. The van der Waals surface area contributed by atoms with E-state index in [0.29, 0.717) is 5.69 Å². The summed E-state index contributed by atoms with van der Waals surface area (Å²) >= 11 is 0. The molecular formula is C13H14F4N2O. The van der Waals surface area contributed by atoms with Gasteiger partial charge in [0.25, 0.3) is 0 Å². The predicted molar refractivity (Wildman–Crippen MR) is 68.9 cm³/mol. The summed E-state index contributed by atoms with van der Waals surface area (Å²) in [5.41, 5.74) is -1.12. The van der Waals surface area contributed by atoms with Gasteiger partial charge in [-0.15, -0.1) is 0 Å². The normalized spacial score (nSPS) is 18.9. The largest absolute Gasteiger partial charge is 0.419 e. The molecule has 0 amide bonds. The molecule has 1 atom stereocenters. The standard InChI is InChI=1S/C13H14F4N2O/c1-6(2)18-7-3-4-8-9(5-7)19-12(20)11(14)10(8)13(15,16)17/h3-6,12,18-20H,1-2H3. The van der Waals surface area contributed by atoms with Crippen molar-refractivity contribution in [3.05, 3.63) is 29.6 Å². The van der Waals surface area contributed by atoms with E-state index in [0.717, 1.165) is 0 Å². The second-order valence-corrected chi connectivity index (χ2v) is 4.83. The van der Waals surface area contributed by atoms with Gasteiger partial charge in [0, 0.05) is 23.0 Å². The Labute approximate surface area is 113 Å². The number of nitrogens with one attached hydrogen (secondary N) is 2. The van der Waals surface area contributed by atoms with Crippen LogP contribution < -0.4 is 10.6 Å². The molecule has 1 unspecified atom stereocenters. The maximum absolute atomic E-state index is 13.6. The summed E-state index contributed by atoms with van der Waals surface area (Å²) in [6, 6.07) is 4.13. The van der Waals surface area contributed by atoms with Gasteiger partial charge in [-0.2, -0.15) is 13.2 Å². The topological polar surface area (TPSA) is 44.3 Å². The molecule has 1 aliphatic heterocycles. The van der Waals surface area contributed by atoms with Crippen LogP contribution in [0.25, 0.3) is 5.57 Å². The molecule has 0 saturated heterocycles. The number of rotatable bonds is 2. The van der Waals surface area contributed by atoms with Gasteiger partial charge in [-0.3, -0.25) is 0 Å². The van der Waals surface area contributed by atoms with Gasteiger partial charge >= 0.3 is 6.18 Å². The Kier molecular flexibility index (Phi) is 3.64. The minimum absolute atomic E-state index is 0.0388. The summed E-state index contributed by atoms with van der Waals surface area (Å²) in [5.74, 6) is -1.62. The number of aliphatic hydroxyl groups excluding tert-OH is 1. The smallest absolute Gasteiger partial charge is 0.383 e. The number of hydrogen-bond acceptors (Lipinski definition) is 3. The molecular weight excluding hydrogens is 276 g/mol. The Bertz CT molecular complexity index is 552. The van der Waals surface area contributed by atoms with E-state index in [2.05, 4.69) is 10.6 Å². The Morgan fingerprint density at radius 2 is 1.95 bits per heavy atom. The van der Waals surface area contributed by atoms with Crippen LogP contribution in [0.4, 0.5) is 28.9 Å². The van der Waals surface area contributed by atoms with Crippen molar-refractivity contribution in [2.24, 2.45) is 0 Å². The van der Waals surface area contributed by atoms with E-state index < -0.39 is 23.8 Å². The maximum atomic E-state index is 13.6. The van der Waals surface area contributed by atoms with Gasteiger partial charge in [0.1, 0.15) is 5.57 Å². The van der Waals surface area contributed by atoms with Gasteiger partial charge < -0.3 is 15.7 Å². The fourth-order valence-corrected chi connectivity index (χ4v) is 2.07. The number of hydrogen-bond donors (Lipinski definition) is 3. The van der Waals surface area contributed by atoms with Crippen molar-refractivity contribution >= 4 is 16.9 Å². The second kappa shape index (κ2) is 4.97. The molecule has 3 nitrogen and oxygen atoms in total. The van der Waals surface area contributed by atoms with Gasteiger partial charge in [0.2, 0.25) is 0 Å². The summed E-state index contributed by atoms with van der Waals surface area (Å²) in [4.78, 5) is 0. The molecule has 1 aliphatic rings. The zero-order chi connectivity index (χ0) is 15.1. The van der Waals surface area contributed by atoms with Crippen LogP contribution in [0.3, 0.4) is 0 Å². The zero-order valence-corrected chi connectivity index (χ0v) is 10.8. The lowest BCUT2D eigenvalue weighted by atomic mass is 9.97. The first-order valence-electron chi connectivity index (χ1n) is 6.02. The van der Waals surface area contributed by atoms with Gasteiger partial charge in [0.15, 0.2) is 12.1 Å². The highest BCUT2D eigenvalue weighted by Gasteiger charge is 2.43. The van der Waals surface area contributed by atoms with E-state index in [4.69, 9.17) is 0 Å². The summed E-state index contributed by atoms with van der Waals surface area (Å²) in [6.07, 6.45) is -6.86. The van der Waals surface area contributed by atoms with Crippen molar-refractivity contribution in [2.45, 2.75) is 32.3 Å².